The zero-order valence-corrected chi connectivity index (χ0v) is 17.7. The van der Waals surface area contributed by atoms with Crippen molar-refractivity contribution in [2.75, 3.05) is 6.54 Å². The smallest absolute Gasteiger partial charge is 0.325 e. The van der Waals surface area contributed by atoms with Crippen LogP contribution in [0.3, 0.4) is 0 Å². The maximum absolute atomic E-state index is 12.9. The molecule has 2 atom stereocenters. The van der Waals surface area contributed by atoms with Gasteiger partial charge in [-0.3, -0.25) is 14.5 Å². The fourth-order valence-electron chi connectivity index (χ4n) is 3.13. The van der Waals surface area contributed by atoms with Crippen LogP contribution >= 0.6 is 27.5 Å². The minimum Gasteiger partial charge on any atom is -0.348 e. The molecule has 2 aromatic carbocycles. The van der Waals surface area contributed by atoms with Crippen molar-refractivity contribution < 1.29 is 14.4 Å². The number of amides is 4. The van der Waals surface area contributed by atoms with E-state index < -0.39 is 23.4 Å². The topological polar surface area (TPSA) is 78.5 Å². The third-order valence-corrected chi connectivity index (χ3v) is 5.43. The third kappa shape index (κ3) is 4.05. The molecule has 2 N–H and O–H groups in total. The van der Waals surface area contributed by atoms with E-state index >= 15 is 0 Å². The van der Waals surface area contributed by atoms with Crippen LogP contribution in [0.4, 0.5) is 4.79 Å². The minimum atomic E-state index is -1.22. The van der Waals surface area contributed by atoms with Crippen LogP contribution in [0.25, 0.3) is 0 Å². The Bertz CT molecular complexity index is 952. The number of imide groups is 1. The lowest BCUT2D eigenvalue weighted by atomic mass is 9.92. The van der Waals surface area contributed by atoms with Gasteiger partial charge in [0, 0.05) is 9.50 Å². The van der Waals surface area contributed by atoms with Crippen LogP contribution in [-0.2, 0) is 15.1 Å². The first kappa shape index (κ1) is 20.4. The molecule has 0 aromatic heterocycles. The molecule has 28 heavy (non-hydrogen) atoms. The average molecular weight is 465 g/mol. The summed E-state index contributed by atoms with van der Waals surface area (Å²) in [7, 11) is 0. The minimum absolute atomic E-state index is 0.316. The van der Waals surface area contributed by atoms with Gasteiger partial charge in [0.05, 0.1) is 6.04 Å². The second kappa shape index (κ2) is 7.93. The lowest BCUT2D eigenvalue weighted by Gasteiger charge is -2.22. The van der Waals surface area contributed by atoms with Crippen LogP contribution in [-0.4, -0.2) is 29.3 Å². The quantitative estimate of drug-likeness (QED) is 0.662. The van der Waals surface area contributed by atoms with Crippen LogP contribution in [0, 0.1) is 0 Å². The second-order valence-electron chi connectivity index (χ2n) is 6.80. The number of nitrogens with zero attached hydrogens (tertiary/aromatic N) is 1. The molecule has 8 heteroatoms. The normalized spacial score (nSPS) is 20.1. The lowest BCUT2D eigenvalue weighted by Crippen LogP contribution is -2.43. The van der Waals surface area contributed by atoms with Gasteiger partial charge in [-0.1, -0.05) is 51.8 Å². The molecule has 1 aliphatic heterocycles. The van der Waals surface area contributed by atoms with E-state index in [1.807, 2.05) is 12.1 Å². The van der Waals surface area contributed by atoms with Crippen molar-refractivity contribution in [3.8, 4) is 0 Å². The standard InChI is InChI=1S/C20H19BrClN3O3/c1-12(13-5-3-8-16(22)9-13)23-17(26)11-25-18(27)20(2,24-19(25)28)14-6-4-7-15(21)10-14/h3-10,12H,11H2,1-2H3,(H,23,26)(H,24,28)/t12-,20+/m1/s1. The number of carbonyl (C=O) groups is 3. The number of benzene rings is 2. The Morgan fingerprint density at radius 1 is 1.25 bits per heavy atom. The molecule has 0 spiro atoms. The van der Waals surface area contributed by atoms with Gasteiger partial charge in [-0.05, 0) is 49.2 Å². The van der Waals surface area contributed by atoms with Crippen molar-refractivity contribution in [2.24, 2.45) is 0 Å². The highest BCUT2D eigenvalue weighted by molar-refractivity contribution is 9.10. The Kier molecular flexibility index (Phi) is 5.76. The first-order valence-corrected chi connectivity index (χ1v) is 9.83. The van der Waals surface area contributed by atoms with Gasteiger partial charge in [0.25, 0.3) is 5.91 Å². The summed E-state index contributed by atoms with van der Waals surface area (Å²) in [5, 5.41) is 6.05. The van der Waals surface area contributed by atoms with Crippen molar-refractivity contribution in [2.45, 2.75) is 25.4 Å². The summed E-state index contributed by atoms with van der Waals surface area (Å²) in [4.78, 5) is 38.7. The van der Waals surface area contributed by atoms with Crippen LogP contribution in [0.1, 0.15) is 31.0 Å². The molecule has 0 radical (unpaired) electrons. The molecule has 1 saturated heterocycles. The van der Waals surface area contributed by atoms with Crippen LogP contribution in [0.2, 0.25) is 5.02 Å². The fraction of sp³-hybridized carbons (Fsp3) is 0.250. The number of urea groups is 1. The van der Waals surface area contributed by atoms with E-state index in [9.17, 15) is 14.4 Å². The van der Waals surface area contributed by atoms with E-state index in [0.717, 1.165) is 14.9 Å². The van der Waals surface area contributed by atoms with Gasteiger partial charge in [-0.15, -0.1) is 0 Å². The SMILES string of the molecule is C[C@@H](NC(=O)CN1C(=O)N[C@@](C)(c2cccc(Br)c2)C1=O)c1cccc(Cl)c1. The van der Waals surface area contributed by atoms with Crippen molar-refractivity contribution >= 4 is 45.4 Å². The van der Waals surface area contributed by atoms with E-state index in [1.54, 1.807) is 50.2 Å². The predicted octanol–water partition coefficient (Wildman–Crippen LogP) is 3.75. The summed E-state index contributed by atoms with van der Waals surface area (Å²) in [6.07, 6.45) is 0. The summed E-state index contributed by atoms with van der Waals surface area (Å²) >= 11 is 9.35. The van der Waals surface area contributed by atoms with E-state index in [2.05, 4.69) is 26.6 Å². The second-order valence-corrected chi connectivity index (χ2v) is 8.15. The molecule has 0 aliphatic carbocycles. The molecule has 2 aromatic rings. The monoisotopic (exact) mass is 463 g/mol. The van der Waals surface area contributed by atoms with Crippen LogP contribution in [0.15, 0.2) is 53.0 Å². The molecule has 0 saturated carbocycles. The zero-order valence-electron chi connectivity index (χ0n) is 15.3. The molecule has 4 amide bonds. The van der Waals surface area contributed by atoms with Gasteiger partial charge in [-0.2, -0.15) is 0 Å². The molecule has 146 valence electrons. The summed E-state index contributed by atoms with van der Waals surface area (Å²) in [6.45, 7) is 3.07. The van der Waals surface area contributed by atoms with Gasteiger partial charge in [0.1, 0.15) is 12.1 Å². The highest BCUT2D eigenvalue weighted by Gasteiger charge is 2.49. The van der Waals surface area contributed by atoms with Crippen LogP contribution in [0.5, 0.6) is 0 Å². The first-order valence-electron chi connectivity index (χ1n) is 8.65. The summed E-state index contributed by atoms with van der Waals surface area (Å²) in [6, 6.07) is 13.4. The molecule has 1 fully saturated rings. The van der Waals surface area contributed by atoms with Gasteiger partial charge in [0.2, 0.25) is 5.91 Å². The first-order chi connectivity index (χ1) is 13.2. The summed E-state index contributed by atoms with van der Waals surface area (Å²) in [5.74, 6) is -0.907. The molecule has 0 bridgehead atoms. The van der Waals surface area contributed by atoms with Crippen molar-refractivity contribution in [3.63, 3.8) is 0 Å². The Morgan fingerprint density at radius 2 is 1.96 bits per heavy atom. The van der Waals surface area contributed by atoms with Gasteiger partial charge < -0.3 is 10.6 Å². The predicted molar refractivity (Wildman–Crippen MR) is 110 cm³/mol. The molecule has 0 unspecified atom stereocenters. The molecule has 6 nitrogen and oxygen atoms in total. The number of halogens is 2. The maximum Gasteiger partial charge on any atom is 0.325 e. The molecule has 3 rings (SSSR count). The van der Waals surface area contributed by atoms with Crippen molar-refractivity contribution in [3.05, 3.63) is 69.2 Å². The molecular formula is C20H19BrClN3O3. The number of rotatable bonds is 5. The van der Waals surface area contributed by atoms with E-state index in [1.165, 1.54) is 0 Å². The summed E-state index contributed by atoms with van der Waals surface area (Å²) < 4.78 is 0.791. The van der Waals surface area contributed by atoms with Gasteiger partial charge in [0.15, 0.2) is 0 Å². The van der Waals surface area contributed by atoms with Crippen LogP contribution < -0.4 is 10.6 Å². The number of hydrogen-bond acceptors (Lipinski definition) is 3. The number of hydrogen-bond donors (Lipinski definition) is 2. The number of carbonyl (C=O) groups excluding carboxylic acids is 3. The Balaban J connectivity index is 1.71. The van der Waals surface area contributed by atoms with Gasteiger partial charge >= 0.3 is 6.03 Å². The summed E-state index contributed by atoms with van der Waals surface area (Å²) in [5.41, 5.74) is 0.243. The average Bonchev–Trinajstić information content (AvgIpc) is 2.86. The molecule has 1 aliphatic rings. The van der Waals surface area contributed by atoms with Crippen molar-refractivity contribution in [1.82, 2.24) is 15.5 Å². The largest absolute Gasteiger partial charge is 0.348 e. The fourth-order valence-corrected chi connectivity index (χ4v) is 3.72. The van der Waals surface area contributed by atoms with Gasteiger partial charge in [-0.25, -0.2) is 4.79 Å². The van der Waals surface area contributed by atoms with E-state index in [-0.39, 0.29) is 12.6 Å². The number of nitrogens with one attached hydrogen (secondary N) is 2. The van der Waals surface area contributed by atoms with E-state index in [4.69, 9.17) is 11.6 Å². The Morgan fingerprint density at radius 3 is 2.64 bits per heavy atom. The Hall–Kier alpha value is -2.38. The van der Waals surface area contributed by atoms with Crippen molar-refractivity contribution in [1.29, 1.82) is 0 Å². The zero-order chi connectivity index (χ0) is 20.5. The third-order valence-electron chi connectivity index (χ3n) is 4.70. The lowest BCUT2D eigenvalue weighted by molar-refractivity contribution is -0.135. The highest BCUT2D eigenvalue weighted by atomic mass is 79.9. The maximum atomic E-state index is 12.9. The molecule has 1 heterocycles. The Labute approximate surface area is 176 Å². The highest BCUT2D eigenvalue weighted by Crippen LogP contribution is 2.30. The van der Waals surface area contributed by atoms with E-state index in [0.29, 0.717) is 10.6 Å². The molecular weight excluding hydrogens is 446 g/mol.